The van der Waals surface area contributed by atoms with E-state index in [0.29, 0.717) is 0 Å². The van der Waals surface area contributed by atoms with E-state index in [1.165, 1.54) is 25.9 Å². The van der Waals surface area contributed by atoms with Gasteiger partial charge in [-0.3, -0.25) is 0 Å². The first-order valence-corrected chi connectivity index (χ1v) is 4.61. The maximum atomic E-state index is 9.04. The summed E-state index contributed by atoms with van der Waals surface area (Å²) in [6.45, 7) is 5.57. The van der Waals surface area contributed by atoms with Crippen molar-refractivity contribution in [2.75, 3.05) is 19.6 Å². The van der Waals surface area contributed by atoms with Crippen molar-refractivity contribution < 1.29 is 5.11 Å². The maximum Gasteiger partial charge on any atom is 0.0524 e. The lowest BCUT2D eigenvalue weighted by molar-refractivity contribution is 0.0626. The molecule has 1 aliphatic carbocycles. The molecule has 1 spiro atoms. The van der Waals surface area contributed by atoms with E-state index in [-0.39, 0.29) is 6.10 Å². The molecule has 2 aliphatic rings. The Morgan fingerprint density at radius 2 is 2.09 bits per heavy atom. The van der Waals surface area contributed by atoms with Gasteiger partial charge in [0, 0.05) is 19.6 Å². The smallest absolute Gasteiger partial charge is 0.0524 e. The highest BCUT2D eigenvalue weighted by atomic mass is 16.3. The van der Waals surface area contributed by atoms with Crippen molar-refractivity contribution in [3.05, 3.63) is 0 Å². The van der Waals surface area contributed by atoms with Gasteiger partial charge in [-0.2, -0.15) is 0 Å². The first kappa shape index (κ1) is 7.56. The maximum absolute atomic E-state index is 9.04. The Balaban J connectivity index is 1.60. The van der Waals surface area contributed by atoms with Gasteiger partial charge >= 0.3 is 0 Å². The van der Waals surface area contributed by atoms with Crippen molar-refractivity contribution >= 4 is 0 Å². The van der Waals surface area contributed by atoms with E-state index in [2.05, 4.69) is 4.90 Å². The SMILES string of the molecule is CC(O)CCN1CC2(CC2)C1. The van der Waals surface area contributed by atoms with Gasteiger partial charge in [0.1, 0.15) is 0 Å². The number of rotatable bonds is 3. The molecule has 0 aromatic heterocycles. The lowest BCUT2D eigenvalue weighted by atomic mass is 9.96. The quantitative estimate of drug-likeness (QED) is 0.653. The molecule has 2 nitrogen and oxygen atoms in total. The molecule has 1 heterocycles. The first-order valence-electron chi connectivity index (χ1n) is 4.61. The monoisotopic (exact) mass is 155 g/mol. The summed E-state index contributed by atoms with van der Waals surface area (Å²) in [5.74, 6) is 0. The van der Waals surface area contributed by atoms with Crippen molar-refractivity contribution in [2.45, 2.75) is 32.3 Å². The average Bonchev–Trinajstić information content (AvgIpc) is 2.58. The Bertz CT molecular complexity index is 144. The van der Waals surface area contributed by atoms with Crippen LogP contribution in [0.5, 0.6) is 0 Å². The van der Waals surface area contributed by atoms with Crippen LogP contribution < -0.4 is 0 Å². The van der Waals surface area contributed by atoms with E-state index in [0.717, 1.165) is 18.4 Å². The number of hydrogen-bond acceptors (Lipinski definition) is 2. The van der Waals surface area contributed by atoms with Crippen LogP contribution in [0.2, 0.25) is 0 Å². The standard InChI is InChI=1S/C9H17NO/c1-8(11)2-5-10-6-9(7-10)3-4-9/h8,11H,2-7H2,1H3. The Hall–Kier alpha value is -0.0800. The third kappa shape index (κ3) is 1.57. The van der Waals surface area contributed by atoms with Gasteiger partial charge < -0.3 is 10.0 Å². The van der Waals surface area contributed by atoms with Crippen LogP contribution in [0, 0.1) is 5.41 Å². The molecule has 0 aromatic rings. The van der Waals surface area contributed by atoms with Crippen LogP contribution in [0.25, 0.3) is 0 Å². The molecule has 0 bridgehead atoms. The summed E-state index contributed by atoms with van der Waals surface area (Å²) in [5, 5.41) is 9.04. The van der Waals surface area contributed by atoms with Gasteiger partial charge in [0.25, 0.3) is 0 Å². The number of aliphatic hydroxyl groups excluding tert-OH is 1. The molecule has 1 N–H and O–H groups in total. The van der Waals surface area contributed by atoms with Gasteiger partial charge in [-0.15, -0.1) is 0 Å². The molecule has 0 aromatic carbocycles. The van der Waals surface area contributed by atoms with E-state index >= 15 is 0 Å². The molecular weight excluding hydrogens is 138 g/mol. The third-order valence-corrected chi connectivity index (χ3v) is 2.94. The van der Waals surface area contributed by atoms with Gasteiger partial charge in [-0.1, -0.05) is 0 Å². The molecule has 0 amide bonds. The van der Waals surface area contributed by atoms with Crippen LogP contribution in [0.3, 0.4) is 0 Å². The second kappa shape index (κ2) is 2.46. The van der Waals surface area contributed by atoms with E-state index in [9.17, 15) is 0 Å². The molecule has 2 heteroatoms. The lowest BCUT2D eigenvalue weighted by Crippen LogP contribution is -2.48. The minimum atomic E-state index is -0.120. The number of aliphatic hydroxyl groups is 1. The van der Waals surface area contributed by atoms with Crippen molar-refractivity contribution in [2.24, 2.45) is 5.41 Å². The van der Waals surface area contributed by atoms with Crippen molar-refractivity contribution in [1.82, 2.24) is 4.90 Å². The Morgan fingerprint density at radius 3 is 2.55 bits per heavy atom. The predicted molar refractivity (Wildman–Crippen MR) is 44.4 cm³/mol. The molecule has 1 atom stereocenters. The highest BCUT2D eigenvalue weighted by Gasteiger charge is 2.51. The summed E-state index contributed by atoms with van der Waals surface area (Å²) in [7, 11) is 0. The highest BCUT2D eigenvalue weighted by Crippen LogP contribution is 2.52. The predicted octanol–water partition coefficient (Wildman–Crippen LogP) is 0.853. The highest BCUT2D eigenvalue weighted by molar-refractivity contribution is 5.04. The van der Waals surface area contributed by atoms with Gasteiger partial charge in [0.15, 0.2) is 0 Å². The zero-order valence-electron chi connectivity index (χ0n) is 7.21. The van der Waals surface area contributed by atoms with Crippen molar-refractivity contribution in [1.29, 1.82) is 0 Å². The minimum absolute atomic E-state index is 0.120. The summed E-state index contributed by atoms with van der Waals surface area (Å²) < 4.78 is 0. The Labute approximate surface area is 68.2 Å². The average molecular weight is 155 g/mol. The summed E-state index contributed by atoms with van der Waals surface area (Å²) in [6, 6.07) is 0. The van der Waals surface area contributed by atoms with Crippen LogP contribution in [0.4, 0.5) is 0 Å². The van der Waals surface area contributed by atoms with Gasteiger partial charge in [-0.05, 0) is 31.6 Å². The second-order valence-corrected chi connectivity index (χ2v) is 4.35. The fourth-order valence-electron chi connectivity index (χ4n) is 1.92. The van der Waals surface area contributed by atoms with Crippen molar-refractivity contribution in [3.8, 4) is 0 Å². The Morgan fingerprint density at radius 1 is 1.45 bits per heavy atom. The molecule has 1 saturated carbocycles. The number of nitrogens with zero attached hydrogens (tertiary/aromatic N) is 1. The molecule has 2 rings (SSSR count). The number of likely N-dealkylation sites (tertiary alicyclic amines) is 1. The van der Waals surface area contributed by atoms with Gasteiger partial charge in [0.05, 0.1) is 6.10 Å². The molecule has 1 saturated heterocycles. The Kier molecular flexibility index (Phi) is 1.69. The molecule has 2 fully saturated rings. The van der Waals surface area contributed by atoms with Crippen LogP contribution in [0.1, 0.15) is 26.2 Å². The van der Waals surface area contributed by atoms with E-state index < -0.39 is 0 Å². The van der Waals surface area contributed by atoms with Crippen LogP contribution >= 0.6 is 0 Å². The molecule has 64 valence electrons. The molecular formula is C9H17NO. The summed E-state index contributed by atoms with van der Waals surface area (Å²) in [4.78, 5) is 2.46. The zero-order chi connectivity index (χ0) is 7.90. The largest absolute Gasteiger partial charge is 0.393 e. The van der Waals surface area contributed by atoms with Crippen LogP contribution in [0.15, 0.2) is 0 Å². The fraction of sp³-hybridized carbons (Fsp3) is 1.00. The van der Waals surface area contributed by atoms with E-state index in [1.54, 1.807) is 0 Å². The van der Waals surface area contributed by atoms with Gasteiger partial charge in [0.2, 0.25) is 0 Å². The third-order valence-electron chi connectivity index (χ3n) is 2.94. The normalized spacial score (nSPS) is 30.0. The summed E-state index contributed by atoms with van der Waals surface area (Å²) >= 11 is 0. The summed E-state index contributed by atoms with van der Waals surface area (Å²) in [6.07, 6.45) is 3.73. The fourth-order valence-corrected chi connectivity index (χ4v) is 1.92. The summed E-state index contributed by atoms with van der Waals surface area (Å²) in [5.41, 5.74) is 0.776. The van der Waals surface area contributed by atoms with Crippen LogP contribution in [-0.4, -0.2) is 35.7 Å². The molecule has 1 unspecified atom stereocenters. The van der Waals surface area contributed by atoms with E-state index in [4.69, 9.17) is 5.11 Å². The zero-order valence-corrected chi connectivity index (χ0v) is 7.21. The van der Waals surface area contributed by atoms with E-state index in [1.807, 2.05) is 6.92 Å². The lowest BCUT2D eigenvalue weighted by Gasteiger charge is -2.40. The minimum Gasteiger partial charge on any atom is -0.393 e. The van der Waals surface area contributed by atoms with Crippen LogP contribution in [-0.2, 0) is 0 Å². The molecule has 0 radical (unpaired) electrons. The topological polar surface area (TPSA) is 23.5 Å². The van der Waals surface area contributed by atoms with Gasteiger partial charge in [-0.25, -0.2) is 0 Å². The van der Waals surface area contributed by atoms with Crippen molar-refractivity contribution in [3.63, 3.8) is 0 Å². The number of hydrogen-bond donors (Lipinski definition) is 1. The molecule has 11 heavy (non-hydrogen) atoms. The molecule has 1 aliphatic heterocycles. The second-order valence-electron chi connectivity index (χ2n) is 4.35. The first-order chi connectivity index (χ1) is 5.20.